The van der Waals surface area contributed by atoms with Crippen LogP contribution in [0.15, 0.2) is 42.5 Å². The lowest BCUT2D eigenvalue weighted by Gasteiger charge is -2.29. The van der Waals surface area contributed by atoms with E-state index in [4.69, 9.17) is 5.73 Å². The minimum atomic E-state index is -0.829. The molecule has 2 aliphatic rings. The Morgan fingerprint density at radius 1 is 1.07 bits per heavy atom. The van der Waals surface area contributed by atoms with Crippen LogP contribution in [0.4, 0.5) is 0 Å². The van der Waals surface area contributed by atoms with Gasteiger partial charge in [0.05, 0.1) is 11.6 Å². The fourth-order valence-electron chi connectivity index (χ4n) is 6.81. The Balaban J connectivity index is 1.23. The highest BCUT2D eigenvalue weighted by molar-refractivity contribution is 5.91. The summed E-state index contributed by atoms with van der Waals surface area (Å²) in [5, 5.41) is 11.3. The molecule has 0 radical (unpaired) electrons. The van der Waals surface area contributed by atoms with Gasteiger partial charge in [-0.3, -0.25) is 14.4 Å². The molecule has 2 aliphatic heterocycles. The first kappa shape index (κ1) is 31.6. The van der Waals surface area contributed by atoms with Gasteiger partial charge in [0.1, 0.15) is 11.6 Å². The molecule has 3 amide bonds. The molecule has 2 aromatic carbocycles. The quantitative estimate of drug-likeness (QED) is 0.347. The highest BCUT2D eigenvalue weighted by Crippen LogP contribution is 2.29. The van der Waals surface area contributed by atoms with Crippen LogP contribution < -0.4 is 11.1 Å². The molecule has 3 heterocycles. The molecule has 44 heavy (non-hydrogen) atoms. The molecule has 10 nitrogen and oxygen atoms in total. The van der Waals surface area contributed by atoms with Crippen molar-refractivity contribution in [1.82, 2.24) is 30.1 Å². The largest absolute Gasteiger partial charge is 0.350 e. The average Bonchev–Trinajstić information content (AvgIpc) is 3.77. The number of aryl methyl sites for hydroxylation is 3. The number of nitrogens with one attached hydrogen (secondary N) is 1. The summed E-state index contributed by atoms with van der Waals surface area (Å²) in [5.41, 5.74) is 11.5. The van der Waals surface area contributed by atoms with Gasteiger partial charge < -0.3 is 20.9 Å². The number of rotatable bonds is 11. The van der Waals surface area contributed by atoms with Gasteiger partial charge in [0, 0.05) is 39.1 Å². The third kappa shape index (κ3) is 7.29. The van der Waals surface area contributed by atoms with E-state index < -0.39 is 12.1 Å². The lowest BCUT2D eigenvalue weighted by molar-refractivity contribution is -0.140. The SMILES string of the molecule is Cc1ccc(CCC2C[C@@H](C(=O)NCc3ccc4c(c3)nnn4C)N(C(=O)[C@H](N)CCC(=O)N3CCC[C@@H]3C(C)C)C2)cc1. The van der Waals surface area contributed by atoms with E-state index in [0.29, 0.717) is 25.4 Å². The number of hydrogen-bond acceptors (Lipinski definition) is 6. The summed E-state index contributed by atoms with van der Waals surface area (Å²) in [6.07, 6.45) is 4.89. The third-order valence-corrected chi connectivity index (χ3v) is 9.45. The van der Waals surface area contributed by atoms with Gasteiger partial charge in [-0.25, -0.2) is 4.68 Å². The summed E-state index contributed by atoms with van der Waals surface area (Å²) in [6, 6.07) is 13.1. The van der Waals surface area contributed by atoms with Gasteiger partial charge in [-0.2, -0.15) is 0 Å². The molecule has 1 aromatic heterocycles. The molecular formula is C34H47N7O3. The van der Waals surface area contributed by atoms with Crippen molar-refractivity contribution in [2.75, 3.05) is 13.1 Å². The van der Waals surface area contributed by atoms with Crippen molar-refractivity contribution < 1.29 is 14.4 Å². The lowest BCUT2D eigenvalue weighted by atomic mass is 9.96. The third-order valence-electron chi connectivity index (χ3n) is 9.45. The van der Waals surface area contributed by atoms with E-state index in [1.165, 1.54) is 11.1 Å². The number of amides is 3. The Hall–Kier alpha value is -3.79. The Morgan fingerprint density at radius 3 is 2.57 bits per heavy atom. The van der Waals surface area contributed by atoms with Crippen LogP contribution in [0.1, 0.15) is 69.1 Å². The summed E-state index contributed by atoms with van der Waals surface area (Å²) < 4.78 is 1.71. The van der Waals surface area contributed by atoms with Crippen molar-refractivity contribution in [2.24, 2.45) is 24.6 Å². The van der Waals surface area contributed by atoms with Gasteiger partial charge in [-0.05, 0) is 80.5 Å². The van der Waals surface area contributed by atoms with E-state index in [1.54, 1.807) is 9.58 Å². The standard InChI is InChI=1S/C34H47N7O3/c1-22(2)29-6-5-17-40(29)32(42)16-14-27(35)34(44)41-21-26(12-11-24-9-7-23(3)8-10-24)19-31(41)33(43)36-20-25-13-15-30-28(18-25)37-38-39(30)4/h7-10,13,15,18,22,26-27,29,31H,5-6,11-12,14,16-17,19-21,35H2,1-4H3,(H,36,43)/t26?,27-,29-,31+/m1/s1. The predicted octanol–water partition coefficient (Wildman–Crippen LogP) is 3.50. The van der Waals surface area contributed by atoms with Crippen LogP contribution in [0, 0.1) is 18.8 Å². The first-order valence-corrected chi connectivity index (χ1v) is 16.1. The number of nitrogens with two attached hydrogens (primary N) is 1. The van der Waals surface area contributed by atoms with Gasteiger partial charge in [0.2, 0.25) is 17.7 Å². The van der Waals surface area contributed by atoms with Crippen LogP contribution in [0.5, 0.6) is 0 Å². The van der Waals surface area contributed by atoms with Crippen LogP contribution in [-0.4, -0.2) is 73.7 Å². The molecule has 10 heteroatoms. The summed E-state index contributed by atoms with van der Waals surface area (Å²) in [4.78, 5) is 44.0. The van der Waals surface area contributed by atoms with Crippen molar-refractivity contribution in [3.8, 4) is 0 Å². The van der Waals surface area contributed by atoms with E-state index in [-0.39, 0.29) is 42.5 Å². The molecule has 3 N–H and O–H groups in total. The molecule has 236 valence electrons. The van der Waals surface area contributed by atoms with Gasteiger partial charge in [0.25, 0.3) is 0 Å². The van der Waals surface area contributed by atoms with E-state index in [9.17, 15) is 14.4 Å². The minimum absolute atomic E-state index is 0.0659. The maximum Gasteiger partial charge on any atom is 0.243 e. The van der Waals surface area contributed by atoms with Gasteiger partial charge >= 0.3 is 0 Å². The van der Waals surface area contributed by atoms with Crippen molar-refractivity contribution in [2.45, 2.75) is 90.4 Å². The summed E-state index contributed by atoms with van der Waals surface area (Å²) in [6.45, 7) is 7.94. The number of fused-ring (bicyclic) bond motifs is 1. The highest BCUT2D eigenvalue weighted by Gasteiger charge is 2.41. The zero-order chi connectivity index (χ0) is 31.4. The van der Waals surface area contributed by atoms with Gasteiger partial charge in [0.15, 0.2) is 0 Å². The summed E-state index contributed by atoms with van der Waals surface area (Å²) in [5.74, 6) is 0.211. The first-order chi connectivity index (χ1) is 21.1. The number of benzene rings is 2. The monoisotopic (exact) mass is 601 g/mol. The Bertz CT molecular complexity index is 1470. The molecule has 5 rings (SSSR count). The second kappa shape index (κ2) is 13.9. The number of hydrogen-bond donors (Lipinski definition) is 2. The Kier molecular flexibility index (Phi) is 9.98. The first-order valence-electron chi connectivity index (χ1n) is 16.1. The van der Waals surface area contributed by atoms with Gasteiger partial charge in [-0.15, -0.1) is 5.10 Å². The highest BCUT2D eigenvalue weighted by atomic mass is 16.2. The smallest absolute Gasteiger partial charge is 0.243 e. The minimum Gasteiger partial charge on any atom is -0.350 e. The lowest BCUT2D eigenvalue weighted by Crippen LogP contribution is -2.51. The van der Waals surface area contributed by atoms with Crippen molar-refractivity contribution in [3.63, 3.8) is 0 Å². The van der Waals surface area contributed by atoms with Crippen LogP contribution >= 0.6 is 0 Å². The Morgan fingerprint density at radius 2 is 1.82 bits per heavy atom. The van der Waals surface area contributed by atoms with Crippen molar-refractivity contribution in [1.29, 1.82) is 0 Å². The van der Waals surface area contributed by atoms with Crippen LogP contribution in [0.25, 0.3) is 11.0 Å². The van der Waals surface area contributed by atoms with Gasteiger partial charge in [-0.1, -0.05) is 55.0 Å². The molecule has 2 saturated heterocycles. The van der Waals surface area contributed by atoms with E-state index >= 15 is 0 Å². The number of carbonyl (C=O) groups excluding carboxylic acids is 3. The molecule has 2 fully saturated rings. The maximum absolute atomic E-state index is 13.7. The normalized spacial score (nSPS) is 20.9. The zero-order valence-corrected chi connectivity index (χ0v) is 26.5. The van der Waals surface area contributed by atoms with E-state index in [2.05, 4.69) is 60.7 Å². The summed E-state index contributed by atoms with van der Waals surface area (Å²) in [7, 11) is 1.84. The second-order valence-corrected chi connectivity index (χ2v) is 13.1. The molecule has 0 bridgehead atoms. The number of nitrogens with zero attached hydrogens (tertiary/aromatic N) is 5. The molecule has 0 saturated carbocycles. The average molecular weight is 602 g/mol. The van der Waals surface area contributed by atoms with Crippen molar-refractivity contribution in [3.05, 3.63) is 59.2 Å². The second-order valence-electron chi connectivity index (χ2n) is 13.1. The molecule has 4 atom stereocenters. The van der Waals surface area contributed by atoms with E-state index in [0.717, 1.165) is 48.8 Å². The molecule has 1 unspecified atom stereocenters. The van der Waals surface area contributed by atoms with Crippen LogP contribution in [-0.2, 0) is 34.4 Å². The van der Waals surface area contributed by atoms with E-state index in [1.807, 2.05) is 30.1 Å². The molecule has 3 aromatic rings. The Labute approximate surface area is 260 Å². The fraction of sp³-hybridized carbons (Fsp3) is 0.559. The number of likely N-dealkylation sites (tertiary alicyclic amines) is 2. The molecule has 0 aliphatic carbocycles. The number of aromatic nitrogens is 3. The molecular weight excluding hydrogens is 554 g/mol. The predicted molar refractivity (Wildman–Crippen MR) is 170 cm³/mol. The molecule has 0 spiro atoms. The fourth-order valence-corrected chi connectivity index (χ4v) is 6.81. The van der Waals surface area contributed by atoms with Crippen molar-refractivity contribution >= 4 is 28.8 Å². The summed E-state index contributed by atoms with van der Waals surface area (Å²) >= 11 is 0. The number of carbonyl (C=O) groups is 3. The topological polar surface area (TPSA) is 126 Å². The van der Waals surface area contributed by atoms with Crippen LogP contribution in [0.2, 0.25) is 0 Å². The van der Waals surface area contributed by atoms with Crippen LogP contribution in [0.3, 0.4) is 0 Å². The maximum atomic E-state index is 13.7. The zero-order valence-electron chi connectivity index (χ0n) is 26.5.